The van der Waals surface area contributed by atoms with Crippen molar-refractivity contribution in [3.63, 3.8) is 0 Å². The minimum atomic E-state index is -2.81. The number of carbonyl (C=O) groups is 2. The highest BCUT2D eigenvalue weighted by Gasteiger charge is 2.53. The number of anilines is 2. The standard InChI is InChI=1S/C24H29F2N7O4/c1-14-12-31(13-15(2)37-14)19-7-9-32-21(29-19)16(11-27-32)22(34)28-18-6-10-33(30-18)24(23(35)36)8-4-3-5-17(24)20(25)26/h6-7,9-11,14-15,17,20H,3-5,8,12-13H2,1-2H3,(H,35,36)(H,28,30,34). The van der Waals surface area contributed by atoms with Gasteiger partial charge in [-0.1, -0.05) is 12.8 Å². The summed E-state index contributed by atoms with van der Waals surface area (Å²) in [6.07, 6.45) is 2.84. The van der Waals surface area contributed by atoms with E-state index in [0.29, 0.717) is 37.4 Å². The molecule has 0 aromatic carbocycles. The fourth-order valence-electron chi connectivity index (χ4n) is 5.52. The first-order chi connectivity index (χ1) is 17.7. The van der Waals surface area contributed by atoms with Crippen LogP contribution in [0.3, 0.4) is 0 Å². The molecule has 4 heterocycles. The van der Waals surface area contributed by atoms with Gasteiger partial charge in [0, 0.05) is 31.5 Å². The van der Waals surface area contributed by atoms with Crippen molar-refractivity contribution in [2.45, 2.75) is 63.7 Å². The summed E-state index contributed by atoms with van der Waals surface area (Å²) in [5.41, 5.74) is -1.34. The topological polar surface area (TPSA) is 127 Å². The first-order valence-corrected chi connectivity index (χ1v) is 12.3. The zero-order valence-electron chi connectivity index (χ0n) is 20.5. The van der Waals surface area contributed by atoms with Gasteiger partial charge in [-0.15, -0.1) is 0 Å². The summed E-state index contributed by atoms with van der Waals surface area (Å²) in [5, 5.41) is 21.0. The lowest BCUT2D eigenvalue weighted by Crippen LogP contribution is -2.53. The van der Waals surface area contributed by atoms with Crippen LogP contribution in [0.15, 0.2) is 30.7 Å². The predicted molar refractivity (Wildman–Crippen MR) is 129 cm³/mol. The number of aromatic nitrogens is 5. The van der Waals surface area contributed by atoms with Crippen LogP contribution in [-0.4, -0.2) is 73.1 Å². The fourth-order valence-corrected chi connectivity index (χ4v) is 5.52. The maximum atomic E-state index is 13.8. The molecule has 2 aliphatic rings. The van der Waals surface area contributed by atoms with E-state index in [1.165, 1.54) is 23.0 Å². The number of aliphatic carboxylic acids is 1. The molecule has 0 spiro atoms. The van der Waals surface area contributed by atoms with Crippen molar-refractivity contribution >= 4 is 29.2 Å². The molecule has 2 fully saturated rings. The fraction of sp³-hybridized carbons (Fsp3) is 0.542. The van der Waals surface area contributed by atoms with Crippen LogP contribution >= 0.6 is 0 Å². The highest BCUT2D eigenvalue weighted by atomic mass is 19.3. The molecular weight excluding hydrogens is 488 g/mol. The molecule has 4 atom stereocenters. The van der Waals surface area contributed by atoms with Gasteiger partial charge in [-0.3, -0.25) is 9.48 Å². The third kappa shape index (κ3) is 4.52. The number of carboxylic acids is 1. The summed E-state index contributed by atoms with van der Waals surface area (Å²) in [4.78, 5) is 32.1. The molecule has 0 radical (unpaired) electrons. The Bertz CT molecular complexity index is 1300. The maximum absolute atomic E-state index is 13.8. The second-order valence-corrected chi connectivity index (χ2v) is 9.79. The number of nitrogens with zero attached hydrogens (tertiary/aromatic N) is 6. The van der Waals surface area contributed by atoms with E-state index >= 15 is 0 Å². The Balaban J connectivity index is 1.40. The molecule has 0 bridgehead atoms. The van der Waals surface area contributed by atoms with Gasteiger partial charge in [0.05, 0.1) is 24.3 Å². The van der Waals surface area contributed by atoms with E-state index < -0.39 is 29.8 Å². The molecule has 2 N–H and O–H groups in total. The van der Waals surface area contributed by atoms with E-state index in [-0.39, 0.29) is 36.4 Å². The summed E-state index contributed by atoms with van der Waals surface area (Å²) in [6.45, 7) is 5.30. The van der Waals surface area contributed by atoms with E-state index in [2.05, 4.69) is 25.4 Å². The average Bonchev–Trinajstić information content (AvgIpc) is 3.50. The Labute approximate surface area is 211 Å². The number of nitrogens with one attached hydrogen (secondary N) is 1. The smallest absolute Gasteiger partial charge is 0.332 e. The number of carbonyl (C=O) groups excluding carboxylic acids is 1. The Hall–Kier alpha value is -3.61. The molecule has 1 saturated heterocycles. The van der Waals surface area contributed by atoms with Crippen molar-refractivity contribution < 1.29 is 28.2 Å². The van der Waals surface area contributed by atoms with Crippen LogP contribution in [0.4, 0.5) is 20.4 Å². The molecule has 3 aromatic heterocycles. The Kier molecular flexibility index (Phi) is 6.56. The number of alkyl halides is 2. The van der Waals surface area contributed by atoms with Gasteiger partial charge in [-0.25, -0.2) is 23.1 Å². The third-order valence-electron chi connectivity index (χ3n) is 7.19. The van der Waals surface area contributed by atoms with E-state index in [0.717, 1.165) is 4.68 Å². The Morgan fingerprint density at radius 3 is 2.65 bits per heavy atom. The predicted octanol–water partition coefficient (Wildman–Crippen LogP) is 3.03. The van der Waals surface area contributed by atoms with Crippen molar-refractivity contribution in [3.05, 3.63) is 36.3 Å². The lowest BCUT2D eigenvalue weighted by Gasteiger charge is -2.40. The molecular formula is C24H29F2N7O4. The molecule has 4 unspecified atom stereocenters. The van der Waals surface area contributed by atoms with Gasteiger partial charge < -0.3 is 20.1 Å². The Morgan fingerprint density at radius 2 is 1.95 bits per heavy atom. The van der Waals surface area contributed by atoms with Crippen LogP contribution in [-0.2, 0) is 15.1 Å². The summed E-state index contributed by atoms with van der Waals surface area (Å²) >= 11 is 0. The van der Waals surface area contributed by atoms with Crippen LogP contribution in [0.1, 0.15) is 49.9 Å². The van der Waals surface area contributed by atoms with Gasteiger partial charge in [0.25, 0.3) is 5.91 Å². The number of ether oxygens (including phenoxy) is 1. The van der Waals surface area contributed by atoms with Crippen LogP contribution in [0.2, 0.25) is 0 Å². The molecule has 1 aliphatic carbocycles. The monoisotopic (exact) mass is 517 g/mol. The summed E-state index contributed by atoms with van der Waals surface area (Å²) in [6, 6.07) is 3.23. The number of amides is 1. The van der Waals surface area contributed by atoms with Gasteiger partial charge in [0.1, 0.15) is 11.4 Å². The first-order valence-electron chi connectivity index (χ1n) is 12.3. The van der Waals surface area contributed by atoms with Gasteiger partial charge in [-0.05, 0) is 32.8 Å². The van der Waals surface area contributed by atoms with Crippen LogP contribution in [0.25, 0.3) is 5.65 Å². The third-order valence-corrected chi connectivity index (χ3v) is 7.19. The van der Waals surface area contributed by atoms with Gasteiger partial charge >= 0.3 is 5.97 Å². The maximum Gasteiger partial charge on any atom is 0.332 e. The molecule has 1 amide bonds. The summed E-state index contributed by atoms with van der Waals surface area (Å²) < 4.78 is 36.0. The quantitative estimate of drug-likeness (QED) is 0.511. The molecule has 1 saturated carbocycles. The van der Waals surface area contributed by atoms with Crippen molar-refractivity contribution in [2.75, 3.05) is 23.3 Å². The van der Waals surface area contributed by atoms with Crippen LogP contribution in [0, 0.1) is 5.92 Å². The lowest BCUT2D eigenvalue weighted by molar-refractivity contribution is -0.160. The number of carboxylic acid groups (broad SMARTS) is 1. The number of hydrogen-bond donors (Lipinski definition) is 2. The molecule has 3 aromatic rings. The lowest BCUT2D eigenvalue weighted by atomic mass is 9.72. The first kappa shape index (κ1) is 25.1. The molecule has 5 rings (SSSR count). The zero-order chi connectivity index (χ0) is 26.3. The van der Waals surface area contributed by atoms with E-state index in [4.69, 9.17) is 4.74 Å². The second kappa shape index (κ2) is 9.69. The number of hydrogen-bond acceptors (Lipinski definition) is 7. The normalized spacial score (nSPS) is 26.5. The van der Waals surface area contributed by atoms with Crippen molar-refractivity contribution in [1.29, 1.82) is 0 Å². The van der Waals surface area contributed by atoms with Gasteiger partial charge in [0.2, 0.25) is 6.43 Å². The van der Waals surface area contributed by atoms with E-state index in [1.54, 1.807) is 6.20 Å². The van der Waals surface area contributed by atoms with Crippen LogP contribution < -0.4 is 10.2 Å². The van der Waals surface area contributed by atoms with Gasteiger partial charge in [-0.2, -0.15) is 10.2 Å². The van der Waals surface area contributed by atoms with E-state index in [1.807, 2.05) is 19.9 Å². The molecule has 13 heteroatoms. The highest BCUT2D eigenvalue weighted by molar-refractivity contribution is 6.07. The number of morpholine rings is 1. The minimum Gasteiger partial charge on any atom is -0.479 e. The SMILES string of the molecule is CC1CN(c2ccn3ncc(C(=O)Nc4ccn(C5(C(=O)O)CCCCC5C(F)F)n4)c3n2)CC(C)O1. The van der Waals surface area contributed by atoms with Crippen molar-refractivity contribution in [1.82, 2.24) is 24.4 Å². The number of fused-ring (bicyclic) bond motifs is 1. The van der Waals surface area contributed by atoms with E-state index in [9.17, 15) is 23.5 Å². The molecule has 198 valence electrons. The van der Waals surface area contributed by atoms with Crippen molar-refractivity contribution in [3.8, 4) is 0 Å². The average molecular weight is 518 g/mol. The zero-order valence-corrected chi connectivity index (χ0v) is 20.5. The molecule has 37 heavy (non-hydrogen) atoms. The summed E-state index contributed by atoms with van der Waals surface area (Å²) in [5.74, 6) is -2.55. The van der Waals surface area contributed by atoms with Crippen LogP contribution in [0.5, 0.6) is 0 Å². The molecule has 1 aliphatic heterocycles. The highest BCUT2D eigenvalue weighted by Crippen LogP contribution is 2.43. The van der Waals surface area contributed by atoms with Crippen molar-refractivity contribution in [2.24, 2.45) is 5.92 Å². The number of rotatable bonds is 6. The largest absolute Gasteiger partial charge is 0.479 e. The second-order valence-electron chi connectivity index (χ2n) is 9.79. The number of halogens is 2. The van der Waals surface area contributed by atoms with Gasteiger partial charge in [0.15, 0.2) is 17.0 Å². The Morgan fingerprint density at radius 1 is 1.19 bits per heavy atom. The molecule has 11 nitrogen and oxygen atoms in total. The summed E-state index contributed by atoms with van der Waals surface area (Å²) in [7, 11) is 0. The minimum absolute atomic E-state index is 0.0337.